The Labute approximate surface area is 282 Å². The number of hydrogen-bond donors (Lipinski definition) is 1. The normalized spacial score (nSPS) is 12.8. The molecule has 0 atom stereocenters. The van der Waals surface area contributed by atoms with E-state index in [1.54, 1.807) is 18.2 Å². The zero-order valence-electron chi connectivity index (χ0n) is 21.2. The highest BCUT2D eigenvalue weighted by Crippen LogP contribution is 2.46. The van der Waals surface area contributed by atoms with Gasteiger partial charge in [-0.3, -0.25) is 14.4 Å². The fraction of sp³-hybridized carbons (Fsp3) is 0.0667. The molecule has 12 heteroatoms. The molecule has 42 heavy (non-hydrogen) atoms. The van der Waals surface area contributed by atoms with Crippen LogP contribution in [0.25, 0.3) is 10.2 Å². The summed E-state index contributed by atoms with van der Waals surface area (Å²) in [7, 11) is 0. The Morgan fingerprint density at radius 2 is 1.36 bits per heavy atom. The van der Waals surface area contributed by atoms with Crippen molar-refractivity contribution >= 4 is 120 Å². The van der Waals surface area contributed by atoms with Crippen LogP contribution in [-0.2, 0) is 4.79 Å². The Hall–Kier alpha value is -2.35. The zero-order valence-corrected chi connectivity index (χ0v) is 29.2. The van der Waals surface area contributed by atoms with E-state index in [0.717, 1.165) is 21.3 Å². The van der Waals surface area contributed by atoms with Crippen LogP contribution in [0, 0.1) is 0 Å². The molecule has 0 spiro atoms. The summed E-state index contributed by atoms with van der Waals surface area (Å²) in [4.78, 5) is 45.7. The van der Waals surface area contributed by atoms with E-state index in [1.165, 1.54) is 28.0 Å². The summed E-state index contributed by atoms with van der Waals surface area (Å²) < 4.78 is 3.81. The van der Waals surface area contributed by atoms with Gasteiger partial charge in [-0.25, -0.2) is 9.88 Å². The van der Waals surface area contributed by atoms with Gasteiger partial charge in [0.15, 0.2) is 4.34 Å². The van der Waals surface area contributed by atoms with Crippen molar-refractivity contribution < 1.29 is 14.4 Å². The first-order valence-corrected chi connectivity index (χ1v) is 17.4. The maximum Gasteiger partial charge on any atom is 0.267 e. The van der Waals surface area contributed by atoms with Crippen LogP contribution in [0.5, 0.6) is 0 Å². The number of rotatable bonds is 7. The van der Waals surface area contributed by atoms with Gasteiger partial charge in [0.1, 0.15) is 0 Å². The van der Waals surface area contributed by atoms with Crippen LogP contribution in [0.4, 0.5) is 5.69 Å². The average Bonchev–Trinajstić information content (AvgIpc) is 3.54. The summed E-state index contributed by atoms with van der Waals surface area (Å²) >= 11 is 16.6. The van der Waals surface area contributed by atoms with E-state index >= 15 is 0 Å². The zero-order chi connectivity index (χ0) is 29.5. The minimum atomic E-state index is -0.419. The lowest BCUT2D eigenvalue weighted by molar-refractivity contribution is -0.119. The number of halogens is 4. The number of thiazole rings is 1. The first-order chi connectivity index (χ1) is 20.2. The fourth-order valence-electron chi connectivity index (χ4n) is 4.66. The highest BCUT2D eigenvalue weighted by atomic mass is 79.9. The van der Waals surface area contributed by atoms with Gasteiger partial charge in [0.05, 0.1) is 38.8 Å². The molecule has 6 rings (SSSR count). The lowest BCUT2D eigenvalue weighted by Crippen LogP contribution is -2.30. The summed E-state index contributed by atoms with van der Waals surface area (Å²) in [6.45, 7) is 0. The SMILES string of the molecule is O=C(CSc1nc2ccc(N3C(=O)c4c(Br)c(Br)c(Br)c(Br)c4C3=O)cc2s1)NC(c1ccccc1)c1ccccc1. The lowest BCUT2D eigenvalue weighted by atomic mass is 9.99. The monoisotopic (exact) mass is 847 g/mol. The largest absolute Gasteiger partial charge is 0.344 e. The number of amides is 3. The van der Waals surface area contributed by atoms with Gasteiger partial charge < -0.3 is 5.32 Å². The minimum absolute atomic E-state index is 0.114. The molecular formula is C30H17Br4N3O3S2. The number of hydrogen-bond acceptors (Lipinski definition) is 6. The van der Waals surface area contributed by atoms with Gasteiger partial charge in [-0.15, -0.1) is 11.3 Å². The predicted molar refractivity (Wildman–Crippen MR) is 182 cm³/mol. The number of fused-ring (bicyclic) bond motifs is 2. The van der Waals surface area contributed by atoms with Gasteiger partial charge in [-0.05, 0) is 93.0 Å². The summed E-state index contributed by atoms with van der Waals surface area (Å²) in [5.74, 6) is -0.765. The first kappa shape index (κ1) is 29.7. The Balaban J connectivity index is 1.20. The quantitative estimate of drug-likeness (QED) is 0.0766. The first-order valence-electron chi connectivity index (χ1n) is 12.4. The molecule has 210 valence electrons. The maximum absolute atomic E-state index is 13.4. The topological polar surface area (TPSA) is 79.4 Å². The van der Waals surface area contributed by atoms with Crippen LogP contribution >= 0.6 is 86.8 Å². The fourth-order valence-corrected chi connectivity index (χ4v) is 9.03. The summed E-state index contributed by atoms with van der Waals surface area (Å²) in [6.07, 6.45) is 0. The minimum Gasteiger partial charge on any atom is -0.344 e. The van der Waals surface area contributed by atoms with Crippen LogP contribution in [-0.4, -0.2) is 28.5 Å². The molecule has 0 unspecified atom stereocenters. The second kappa shape index (κ2) is 12.3. The lowest BCUT2D eigenvalue weighted by Gasteiger charge is -2.19. The van der Waals surface area contributed by atoms with Crippen molar-refractivity contribution in [2.24, 2.45) is 0 Å². The van der Waals surface area contributed by atoms with E-state index in [0.29, 0.717) is 27.9 Å². The van der Waals surface area contributed by atoms with Gasteiger partial charge in [-0.1, -0.05) is 72.4 Å². The molecule has 0 fully saturated rings. The van der Waals surface area contributed by atoms with Gasteiger partial charge >= 0.3 is 0 Å². The van der Waals surface area contributed by atoms with Crippen molar-refractivity contribution in [3.8, 4) is 0 Å². The number of carbonyl (C=O) groups excluding carboxylic acids is 3. The molecule has 4 aromatic carbocycles. The Bertz CT molecular complexity index is 1800. The molecule has 0 saturated carbocycles. The molecule has 0 aliphatic carbocycles. The third-order valence-electron chi connectivity index (χ3n) is 6.61. The number of imide groups is 1. The Kier molecular flexibility index (Phi) is 8.72. The van der Waals surface area contributed by atoms with E-state index in [2.05, 4.69) is 74.0 Å². The highest BCUT2D eigenvalue weighted by Gasteiger charge is 2.42. The van der Waals surface area contributed by atoms with Crippen LogP contribution in [0.2, 0.25) is 0 Å². The van der Waals surface area contributed by atoms with Crippen molar-refractivity contribution in [2.45, 2.75) is 10.4 Å². The number of carbonyl (C=O) groups is 3. The molecule has 1 aliphatic rings. The van der Waals surface area contributed by atoms with Gasteiger partial charge in [0.25, 0.3) is 11.8 Å². The number of nitrogens with zero attached hydrogens (tertiary/aromatic N) is 2. The van der Waals surface area contributed by atoms with Crippen LogP contribution in [0.3, 0.4) is 0 Å². The molecule has 1 aliphatic heterocycles. The van der Waals surface area contributed by atoms with E-state index in [4.69, 9.17) is 0 Å². The third-order valence-corrected chi connectivity index (χ3v) is 13.5. The molecule has 6 nitrogen and oxygen atoms in total. The molecule has 0 bridgehead atoms. The van der Waals surface area contributed by atoms with Crippen LogP contribution < -0.4 is 10.2 Å². The second-order valence-corrected chi connectivity index (χ2v) is 14.6. The number of thioether (sulfide) groups is 1. The second-order valence-electron chi connectivity index (χ2n) is 9.19. The summed E-state index contributed by atoms with van der Waals surface area (Å²) in [6, 6.07) is 24.7. The molecule has 0 saturated heterocycles. The molecular weight excluding hydrogens is 834 g/mol. The molecule has 0 radical (unpaired) electrons. The smallest absolute Gasteiger partial charge is 0.267 e. The molecule has 1 N–H and O–H groups in total. The Morgan fingerprint density at radius 3 is 1.90 bits per heavy atom. The van der Waals surface area contributed by atoms with Crippen LogP contribution in [0.1, 0.15) is 37.9 Å². The molecule has 2 heterocycles. The van der Waals surface area contributed by atoms with E-state index in [-0.39, 0.29) is 28.8 Å². The summed E-state index contributed by atoms with van der Waals surface area (Å²) in [5.41, 5.74) is 3.76. The standard InChI is InChI=1S/C30H17Br4N3O3S2/c31-23-21-22(24(32)26(34)25(23)33)29(40)37(28(21)39)17-11-12-18-19(13-17)42-30(35-18)41-14-20(38)36-27(15-7-3-1-4-8-15)16-9-5-2-6-10-16/h1-13,27H,14H2,(H,36,38). The summed E-state index contributed by atoms with van der Waals surface area (Å²) in [5, 5.41) is 3.16. The van der Waals surface area contributed by atoms with Gasteiger partial charge in [-0.2, -0.15) is 0 Å². The average molecular weight is 851 g/mol. The van der Waals surface area contributed by atoms with E-state index in [9.17, 15) is 14.4 Å². The number of aromatic nitrogens is 1. The predicted octanol–water partition coefficient (Wildman–Crippen LogP) is 9.14. The molecule has 1 aromatic heterocycles. The number of anilines is 1. The van der Waals surface area contributed by atoms with Crippen molar-refractivity contribution in [2.75, 3.05) is 10.7 Å². The van der Waals surface area contributed by atoms with Crippen molar-refractivity contribution in [1.29, 1.82) is 0 Å². The number of nitrogens with one attached hydrogen (secondary N) is 1. The highest BCUT2D eigenvalue weighted by molar-refractivity contribution is 9.15. The number of benzene rings is 4. The van der Waals surface area contributed by atoms with E-state index in [1.807, 2.05) is 60.7 Å². The Morgan fingerprint density at radius 1 is 0.810 bits per heavy atom. The van der Waals surface area contributed by atoms with Crippen molar-refractivity contribution in [3.63, 3.8) is 0 Å². The van der Waals surface area contributed by atoms with Crippen molar-refractivity contribution in [3.05, 3.63) is 119 Å². The van der Waals surface area contributed by atoms with Crippen LogP contribution in [0.15, 0.2) is 101 Å². The van der Waals surface area contributed by atoms with Crippen molar-refractivity contribution in [1.82, 2.24) is 10.3 Å². The van der Waals surface area contributed by atoms with Gasteiger partial charge in [0.2, 0.25) is 5.91 Å². The maximum atomic E-state index is 13.4. The molecule has 3 amide bonds. The van der Waals surface area contributed by atoms with E-state index < -0.39 is 11.8 Å². The third kappa shape index (κ3) is 5.53. The molecule has 5 aromatic rings. The van der Waals surface area contributed by atoms with Gasteiger partial charge in [0, 0.05) is 17.9 Å².